The molecule has 6 rings (SSSR count). The third kappa shape index (κ3) is 11.4. The van der Waals surface area contributed by atoms with E-state index in [0.29, 0.717) is 22.4 Å². The topological polar surface area (TPSA) is 149 Å². The zero-order chi connectivity index (χ0) is 49.6. The monoisotopic (exact) mass is 961 g/mol. The van der Waals surface area contributed by atoms with Crippen molar-refractivity contribution in [1.29, 1.82) is 5.26 Å². The van der Waals surface area contributed by atoms with Gasteiger partial charge in [-0.3, -0.25) is 9.69 Å². The number of nitriles is 1. The van der Waals surface area contributed by atoms with Crippen LogP contribution in [0.5, 0.6) is 17.2 Å². The number of amides is 1. The molecule has 0 saturated heterocycles. The standard InChI is InChI=1S/C54H71N3O9Si2/c1-35-49(61-6)48-47(52(50(35)62-7)65-36(2)59)46(34-63-32-37-22-14-13-15-23-37)57(45(31-58)51(48)66-68(11,12)54(3,4)5)44(30-55)43(28-20-21-29-67(8,9)10)56-53(60)64-33-42-40-26-18-16-24-38(40)39-25-17-19-27-41(39)42/h13-27,42-46,51,58H,28-29,31-34H2,1-12H3,(H,56,60)/b21-20+/t43-,44-,45+,46-,51-/m0/s1. The normalized spacial score (nSPS) is 18.2. The number of esters is 1. The molecule has 0 unspecified atom stereocenters. The fourth-order valence-electron chi connectivity index (χ4n) is 9.29. The molecule has 2 N–H and O–H groups in total. The molecule has 2 aliphatic rings. The number of nitrogens with one attached hydrogen (secondary N) is 1. The van der Waals surface area contributed by atoms with E-state index < -0.39 is 65.3 Å². The molecule has 0 fully saturated rings. The molecule has 1 aliphatic heterocycles. The summed E-state index contributed by atoms with van der Waals surface area (Å²) in [5.74, 6) is 0.0857. The van der Waals surface area contributed by atoms with Crippen LogP contribution in [0.1, 0.15) is 85.6 Å². The van der Waals surface area contributed by atoms with Crippen molar-refractivity contribution in [1.82, 2.24) is 10.2 Å². The van der Waals surface area contributed by atoms with Crippen molar-refractivity contribution in [2.24, 2.45) is 0 Å². The average Bonchev–Trinajstić information content (AvgIpc) is 3.61. The predicted molar refractivity (Wildman–Crippen MR) is 271 cm³/mol. The molecule has 14 heteroatoms. The Hall–Kier alpha value is -5.28. The van der Waals surface area contributed by atoms with Crippen molar-refractivity contribution in [3.05, 3.63) is 124 Å². The molecular formula is C54H71N3O9Si2. The molecule has 1 amide bonds. The van der Waals surface area contributed by atoms with Crippen LogP contribution in [0.25, 0.3) is 11.1 Å². The van der Waals surface area contributed by atoms with Crippen LogP contribution < -0.4 is 19.5 Å². The second-order valence-electron chi connectivity index (χ2n) is 20.6. The van der Waals surface area contributed by atoms with Crippen LogP contribution in [0.4, 0.5) is 4.79 Å². The molecular weight excluding hydrogens is 891 g/mol. The first-order valence-corrected chi connectivity index (χ1v) is 30.2. The first-order valence-electron chi connectivity index (χ1n) is 23.6. The van der Waals surface area contributed by atoms with E-state index >= 15 is 0 Å². The van der Waals surface area contributed by atoms with E-state index in [2.05, 4.69) is 95.2 Å². The molecule has 0 aromatic heterocycles. The minimum absolute atomic E-state index is 0.0316. The average molecular weight is 962 g/mol. The zero-order valence-electron chi connectivity index (χ0n) is 42.0. The first kappa shape index (κ1) is 52.1. The Morgan fingerprint density at radius 2 is 1.46 bits per heavy atom. The minimum atomic E-state index is -2.72. The summed E-state index contributed by atoms with van der Waals surface area (Å²) >= 11 is 0. The van der Waals surface area contributed by atoms with Gasteiger partial charge < -0.3 is 38.5 Å². The van der Waals surface area contributed by atoms with Crippen LogP contribution in [0.2, 0.25) is 43.8 Å². The van der Waals surface area contributed by atoms with E-state index in [1.807, 2.05) is 72.5 Å². The van der Waals surface area contributed by atoms with Crippen LogP contribution >= 0.6 is 0 Å². The van der Waals surface area contributed by atoms with E-state index in [4.69, 9.17) is 28.1 Å². The van der Waals surface area contributed by atoms with Gasteiger partial charge in [0.1, 0.15) is 18.4 Å². The molecule has 0 bridgehead atoms. The number of rotatable bonds is 19. The molecule has 0 spiro atoms. The lowest BCUT2D eigenvalue weighted by atomic mass is 9.81. The number of carbonyl (C=O) groups is 2. The number of alkyl carbamates (subject to hydrolysis) is 1. The number of methoxy groups -OCH3 is 2. The molecule has 4 aromatic carbocycles. The number of aliphatic hydroxyl groups excluding tert-OH is 1. The van der Waals surface area contributed by atoms with Gasteiger partial charge in [0.25, 0.3) is 0 Å². The summed E-state index contributed by atoms with van der Waals surface area (Å²) in [6.45, 7) is 20.5. The fraction of sp³-hybridized carbons (Fsp3) is 0.463. The molecule has 5 atom stereocenters. The number of ether oxygens (including phenoxy) is 5. The van der Waals surface area contributed by atoms with Gasteiger partial charge in [-0.25, -0.2) is 4.79 Å². The lowest BCUT2D eigenvalue weighted by Gasteiger charge is -2.52. The number of hydrogen-bond donors (Lipinski definition) is 2. The number of carbonyl (C=O) groups excluding carboxylic acids is 2. The summed E-state index contributed by atoms with van der Waals surface area (Å²) in [5.41, 5.74) is 6.91. The van der Waals surface area contributed by atoms with Crippen molar-refractivity contribution in [2.45, 2.75) is 128 Å². The Morgan fingerprint density at radius 1 is 0.853 bits per heavy atom. The number of benzene rings is 4. The van der Waals surface area contributed by atoms with Gasteiger partial charge in [0.15, 0.2) is 19.8 Å². The molecule has 68 heavy (non-hydrogen) atoms. The van der Waals surface area contributed by atoms with Gasteiger partial charge in [-0.2, -0.15) is 5.26 Å². The maximum absolute atomic E-state index is 14.4. The maximum atomic E-state index is 14.4. The summed E-state index contributed by atoms with van der Waals surface area (Å²) in [6, 6.07) is 25.7. The highest BCUT2D eigenvalue weighted by molar-refractivity contribution is 6.76. The molecule has 1 aliphatic carbocycles. The highest BCUT2D eigenvalue weighted by Crippen LogP contribution is 2.57. The first-order chi connectivity index (χ1) is 32.3. The van der Waals surface area contributed by atoms with E-state index in [0.717, 1.165) is 33.9 Å². The third-order valence-corrected chi connectivity index (χ3v) is 19.5. The molecule has 12 nitrogen and oxygen atoms in total. The summed E-state index contributed by atoms with van der Waals surface area (Å²) in [4.78, 5) is 29.4. The van der Waals surface area contributed by atoms with Crippen LogP contribution in [-0.2, 0) is 25.3 Å². The summed E-state index contributed by atoms with van der Waals surface area (Å²) < 4.78 is 38.6. The van der Waals surface area contributed by atoms with Gasteiger partial charge >= 0.3 is 12.1 Å². The van der Waals surface area contributed by atoms with Crippen LogP contribution in [-0.4, -0.2) is 90.6 Å². The van der Waals surface area contributed by atoms with Gasteiger partial charge in [0.05, 0.1) is 64.3 Å². The smallest absolute Gasteiger partial charge is 0.407 e. The van der Waals surface area contributed by atoms with Crippen molar-refractivity contribution in [3.8, 4) is 34.4 Å². The molecule has 0 saturated carbocycles. The number of hydrogen-bond acceptors (Lipinski definition) is 11. The van der Waals surface area contributed by atoms with Gasteiger partial charge in [0, 0.05) is 37.6 Å². The summed E-state index contributed by atoms with van der Waals surface area (Å²) in [5, 5.41) is 26.4. The minimum Gasteiger partial charge on any atom is -0.496 e. The van der Waals surface area contributed by atoms with Gasteiger partial charge in [0.2, 0.25) is 0 Å². The highest BCUT2D eigenvalue weighted by atomic mass is 28.4. The van der Waals surface area contributed by atoms with E-state index in [9.17, 15) is 20.0 Å². The largest absolute Gasteiger partial charge is 0.496 e. The Kier molecular flexibility index (Phi) is 16.9. The van der Waals surface area contributed by atoms with Gasteiger partial charge in [-0.15, -0.1) is 0 Å². The van der Waals surface area contributed by atoms with Crippen LogP contribution in [0.3, 0.4) is 0 Å². The lowest BCUT2D eigenvalue weighted by Crippen LogP contribution is -2.61. The van der Waals surface area contributed by atoms with Crippen molar-refractivity contribution in [3.63, 3.8) is 0 Å². The van der Waals surface area contributed by atoms with Gasteiger partial charge in [-0.05, 0) is 65.3 Å². The quantitative estimate of drug-likeness (QED) is 0.0400. The van der Waals surface area contributed by atoms with E-state index in [1.54, 1.807) is 7.11 Å². The van der Waals surface area contributed by atoms with E-state index in [1.165, 1.54) is 14.0 Å². The Balaban J connectivity index is 1.52. The Morgan fingerprint density at radius 3 is 2.00 bits per heavy atom. The number of nitrogens with zero attached hydrogens (tertiary/aromatic N) is 2. The second kappa shape index (κ2) is 22.0. The lowest BCUT2D eigenvalue weighted by molar-refractivity contribution is -0.132. The Bertz CT molecular complexity index is 2430. The summed E-state index contributed by atoms with van der Waals surface area (Å²) in [7, 11) is -1.17. The fourth-order valence-corrected chi connectivity index (χ4v) is 11.4. The Labute approximate surface area is 405 Å². The maximum Gasteiger partial charge on any atom is 0.407 e. The van der Waals surface area contributed by atoms with Crippen LogP contribution in [0.15, 0.2) is 91.0 Å². The van der Waals surface area contributed by atoms with E-state index in [-0.39, 0.29) is 48.7 Å². The van der Waals surface area contributed by atoms with Crippen molar-refractivity contribution >= 4 is 28.5 Å². The third-order valence-electron chi connectivity index (χ3n) is 13.6. The second-order valence-corrected chi connectivity index (χ2v) is 30.9. The predicted octanol–water partition coefficient (Wildman–Crippen LogP) is 11.0. The number of allylic oxidation sites excluding steroid dienone is 1. The zero-order valence-corrected chi connectivity index (χ0v) is 44.0. The highest BCUT2D eigenvalue weighted by Gasteiger charge is 2.53. The summed E-state index contributed by atoms with van der Waals surface area (Å²) in [6.07, 6.45) is 2.82. The number of fused-ring (bicyclic) bond motifs is 4. The van der Waals surface area contributed by atoms with Crippen molar-refractivity contribution < 1.29 is 42.8 Å². The van der Waals surface area contributed by atoms with Crippen LogP contribution in [0, 0.1) is 18.3 Å². The SMILES string of the molecule is COc1c(C)c(OC)c2c(c1OC(C)=O)[C@H](COCc1ccccc1)N([C@@H](C#N)[C@H](C/C=C/C[Si](C)(C)C)NC(=O)OCC1c3ccccc3-c3ccccc31)[C@H](CO)[C@@H]2O[Si](C)(C)C(C)(C)C. The number of aliphatic hydroxyl groups is 1. The molecule has 1 heterocycles. The van der Waals surface area contributed by atoms with Crippen molar-refractivity contribution in [2.75, 3.05) is 34.0 Å². The molecule has 4 aromatic rings. The molecule has 364 valence electrons. The molecule has 0 radical (unpaired) electrons. The van der Waals surface area contributed by atoms with Gasteiger partial charge in [-0.1, -0.05) is 131 Å².